The van der Waals surface area contributed by atoms with Crippen LogP contribution in [-0.2, 0) is 0 Å². The van der Waals surface area contributed by atoms with E-state index in [0.29, 0.717) is 0 Å². The van der Waals surface area contributed by atoms with Crippen molar-refractivity contribution in [3.05, 3.63) is 41.0 Å². The van der Waals surface area contributed by atoms with E-state index in [9.17, 15) is 4.79 Å². The van der Waals surface area contributed by atoms with Crippen LogP contribution in [0.15, 0.2) is 29.3 Å². The third-order valence-corrected chi connectivity index (χ3v) is 3.08. The maximum absolute atomic E-state index is 11.4. The summed E-state index contributed by atoms with van der Waals surface area (Å²) in [6, 6.07) is 5.82. The lowest BCUT2D eigenvalue weighted by atomic mass is 9.98. The predicted octanol–water partition coefficient (Wildman–Crippen LogP) is 3.79. The minimum absolute atomic E-state index is 0.100. The average Bonchev–Trinajstić information content (AvgIpc) is 2.29. The molecule has 2 nitrogen and oxygen atoms in total. The van der Waals surface area contributed by atoms with E-state index in [1.165, 1.54) is 5.56 Å². The molecule has 0 amide bonds. The Morgan fingerprint density at radius 1 is 1.29 bits per heavy atom. The van der Waals surface area contributed by atoms with Crippen LogP contribution in [0.4, 0.5) is 0 Å². The van der Waals surface area contributed by atoms with Crippen molar-refractivity contribution < 1.29 is 4.79 Å². The van der Waals surface area contributed by atoms with Crippen molar-refractivity contribution >= 4 is 17.2 Å². The molecule has 1 aromatic carbocycles. The van der Waals surface area contributed by atoms with E-state index in [2.05, 4.69) is 24.9 Å². The summed E-state index contributed by atoms with van der Waals surface area (Å²) in [7, 11) is 0. The molecule has 1 aliphatic heterocycles. The Morgan fingerprint density at radius 3 is 2.71 bits per heavy atom. The summed E-state index contributed by atoms with van der Waals surface area (Å²) < 4.78 is 0. The number of Topliss-reactive ketones (excluding diaryl/α,β-unsaturated/α-hetero) is 1. The Balaban J connectivity index is 2.48. The van der Waals surface area contributed by atoms with Crippen LogP contribution in [0.25, 0.3) is 5.70 Å². The Hall–Kier alpha value is -1.70. The number of rotatable bonds is 2. The third-order valence-electron chi connectivity index (χ3n) is 3.08. The molecule has 0 N–H and O–H groups in total. The van der Waals surface area contributed by atoms with Crippen LogP contribution in [0, 0.1) is 6.92 Å². The van der Waals surface area contributed by atoms with E-state index in [0.717, 1.165) is 35.4 Å². The van der Waals surface area contributed by atoms with Gasteiger partial charge in [0.05, 0.1) is 5.70 Å². The van der Waals surface area contributed by atoms with Crippen molar-refractivity contribution in [3.8, 4) is 0 Å². The first-order valence-corrected chi connectivity index (χ1v) is 5.94. The van der Waals surface area contributed by atoms with Crippen LogP contribution >= 0.6 is 0 Å². The maximum Gasteiger partial charge on any atom is 0.159 e. The van der Waals surface area contributed by atoms with E-state index >= 15 is 0 Å². The maximum atomic E-state index is 11.4. The second kappa shape index (κ2) is 4.66. The van der Waals surface area contributed by atoms with Gasteiger partial charge < -0.3 is 0 Å². The Morgan fingerprint density at radius 2 is 2.06 bits per heavy atom. The van der Waals surface area contributed by atoms with E-state index in [1.54, 1.807) is 6.92 Å². The van der Waals surface area contributed by atoms with Crippen LogP contribution in [0.1, 0.15) is 48.2 Å². The monoisotopic (exact) mass is 227 g/mol. The second-order valence-corrected chi connectivity index (χ2v) is 4.56. The Kier molecular flexibility index (Phi) is 3.23. The number of ketones is 1. The van der Waals surface area contributed by atoms with Gasteiger partial charge in [-0.25, -0.2) is 0 Å². The SMILES string of the molecule is CC(=O)c1ccc(C)c(C2=CCCC(C)=N2)c1. The van der Waals surface area contributed by atoms with Gasteiger partial charge in [0.1, 0.15) is 0 Å². The summed E-state index contributed by atoms with van der Waals surface area (Å²) in [6.45, 7) is 5.70. The zero-order chi connectivity index (χ0) is 12.4. The fourth-order valence-corrected chi connectivity index (χ4v) is 2.01. The fraction of sp³-hybridized carbons (Fsp3) is 0.333. The number of aliphatic imine (C=N–C) groups is 1. The first kappa shape index (κ1) is 11.8. The highest BCUT2D eigenvalue weighted by molar-refractivity contribution is 5.96. The summed E-state index contributed by atoms with van der Waals surface area (Å²) in [5.74, 6) is 0.100. The molecule has 1 aromatic rings. The van der Waals surface area contributed by atoms with Gasteiger partial charge in [0.15, 0.2) is 5.78 Å². The standard InChI is InChI=1S/C15H17NO/c1-10-7-8-13(12(3)17)9-14(10)15-6-4-5-11(2)16-15/h6-9H,4-5H2,1-3H3. The highest BCUT2D eigenvalue weighted by Crippen LogP contribution is 2.25. The predicted molar refractivity (Wildman–Crippen MR) is 71.5 cm³/mol. The zero-order valence-corrected chi connectivity index (χ0v) is 10.6. The topological polar surface area (TPSA) is 29.4 Å². The number of nitrogens with zero attached hydrogens (tertiary/aromatic N) is 1. The van der Waals surface area contributed by atoms with E-state index < -0.39 is 0 Å². The molecule has 2 heteroatoms. The Bertz CT molecular complexity index is 524. The number of allylic oxidation sites excluding steroid dienone is 1. The lowest BCUT2D eigenvalue weighted by molar-refractivity contribution is 0.101. The van der Waals surface area contributed by atoms with Crippen molar-refractivity contribution in [2.24, 2.45) is 4.99 Å². The van der Waals surface area contributed by atoms with E-state index in [4.69, 9.17) is 0 Å². The summed E-state index contributed by atoms with van der Waals surface area (Å²) >= 11 is 0. The molecule has 0 saturated carbocycles. The highest BCUT2D eigenvalue weighted by Gasteiger charge is 2.10. The number of hydrogen-bond acceptors (Lipinski definition) is 2. The first-order valence-electron chi connectivity index (χ1n) is 5.94. The van der Waals surface area contributed by atoms with Gasteiger partial charge in [-0.1, -0.05) is 18.2 Å². The second-order valence-electron chi connectivity index (χ2n) is 4.56. The quantitative estimate of drug-likeness (QED) is 0.707. The van der Waals surface area contributed by atoms with Crippen LogP contribution in [0.3, 0.4) is 0 Å². The van der Waals surface area contributed by atoms with Crippen LogP contribution < -0.4 is 0 Å². The molecule has 0 bridgehead atoms. The van der Waals surface area contributed by atoms with Gasteiger partial charge in [-0.05, 0) is 45.2 Å². The minimum Gasteiger partial charge on any atom is -0.295 e. The molecule has 0 atom stereocenters. The van der Waals surface area contributed by atoms with Gasteiger partial charge >= 0.3 is 0 Å². The molecular formula is C15H17NO. The van der Waals surface area contributed by atoms with Crippen molar-refractivity contribution in [2.75, 3.05) is 0 Å². The number of carbonyl (C=O) groups excluding carboxylic acids is 1. The number of benzene rings is 1. The molecule has 0 spiro atoms. The summed E-state index contributed by atoms with van der Waals surface area (Å²) in [4.78, 5) is 16.0. The smallest absolute Gasteiger partial charge is 0.159 e. The largest absolute Gasteiger partial charge is 0.295 e. The molecule has 0 radical (unpaired) electrons. The molecule has 17 heavy (non-hydrogen) atoms. The molecule has 1 aliphatic rings. The molecule has 2 rings (SSSR count). The summed E-state index contributed by atoms with van der Waals surface area (Å²) in [5, 5.41) is 0. The first-order chi connectivity index (χ1) is 8.08. The molecule has 0 fully saturated rings. The van der Waals surface area contributed by atoms with Gasteiger partial charge in [0, 0.05) is 16.8 Å². The number of aryl methyl sites for hydroxylation is 1. The fourth-order valence-electron chi connectivity index (χ4n) is 2.01. The van der Waals surface area contributed by atoms with Crippen molar-refractivity contribution in [3.63, 3.8) is 0 Å². The van der Waals surface area contributed by atoms with Gasteiger partial charge in [-0.2, -0.15) is 0 Å². The molecule has 0 aromatic heterocycles. The van der Waals surface area contributed by atoms with Gasteiger partial charge in [0.25, 0.3) is 0 Å². The third kappa shape index (κ3) is 2.52. The van der Waals surface area contributed by atoms with Gasteiger partial charge in [-0.3, -0.25) is 9.79 Å². The molecule has 88 valence electrons. The normalized spacial score (nSPS) is 15.2. The van der Waals surface area contributed by atoms with Crippen molar-refractivity contribution in [1.82, 2.24) is 0 Å². The van der Waals surface area contributed by atoms with Crippen LogP contribution in [-0.4, -0.2) is 11.5 Å². The lowest BCUT2D eigenvalue weighted by Gasteiger charge is -2.13. The number of hydrogen-bond donors (Lipinski definition) is 0. The zero-order valence-electron chi connectivity index (χ0n) is 10.6. The molecule has 0 saturated heterocycles. The van der Waals surface area contributed by atoms with Gasteiger partial charge in [-0.15, -0.1) is 0 Å². The van der Waals surface area contributed by atoms with Crippen LogP contribution in [0.5, 0.6) is 0 Å². The minimum atomic E-state index is 0.100. The molecular weight excluding hydrogens is 210 g/mol. The lowest BCUT2D eigenvalue weighted by Crippen LogP contribution is -2.01. The van der Waals surface area contributed by atoms with Crippen molar-refractivity contribution in [2.45, 2.75) is 33.6 Å². The molecule has 1 heterocycles. The van der Waals surface area contributed by atoms with E-state index in [-0.39, 0.29) is 5.78 Å². The number of carbonyl (C=O) groups is 1. The summed E-state index contributed by atoms with van der Waals surface area (Å²) in [6.07, 6.45) is 4.22. The summed E-state index contributed by atoms with van der Waals surface area (Å²) in [5.41, 5.74) is 5.17. The van der Waals surface area contributed by atoms with Crippen LogP contribution in [0.2, 0.25) is 0 Å². The molecule has 0 unspecified atom stereocenters. The highest BCUT2D eigenvalue weighted by atomic mass is 16.1. The van der Waals surface area contributed by atoms with Crippen molar-refractivity contribution in [1.29, 1.82) is 0 Å². The average molecular weight is 227 g/mol. The molecule has 0 aliphatic carbocycles. The Labute approximate surface area is 102 Å². The van der Waals surface area contributed by atoms with Gasteiger partial charge in [0.2, 0.25) is 0 Å². The van der Waals surface area contributed by atoms with E-state index in [1.807, 2.05) is 18.2 Å².